The lowest BCUT2D eigenvalue weighted by Gasteiger charge is -2.36. The van der Waals surface area contributed by atoms with Crippen molar-refractivity contribution in [2.45, 2.75) is 42.8 Å². The molecule has 2 fully saturated rings. The van der Waals surface area contributed by atoms with Gasteiger partial charge in [-0.15, -0.1) is 0 Å². The van der Waals surface area contributed by atoms with Gasteiger partial charge in [-0.2, -0.15) is 0 Å². The minimum absolute atomic E-state index is 0.0723. The molecule has 3 N–H and O–H groups in total. The first kappa shape index (κ1) is 18.1. The van der Waals surface area contributed by atoms with Gasteiger partial charge in [0, 0.05) is 37.6 Å². The van der Waals surface area contributed by atoms with E-state index in [1.165, 1.54) is 18.2 Å². The number of primary sulfonamides is 1. The normalized spacial score (nSPS) is 22.8. The lowest BCUT2D eigenvalue weighted by Crippen LogP contribution is -2.45. The van der Waals surface area contributed by atoms with Crippen molar-refractivity contribution in [2.24, 2.45) is 5.14 Å². The number of ether oxygens (including phenoxy) is 1. The number of nitro benzene ring substituents is 1. The summed E-state index contributed by atoms with van der Waals surface area (Å²) in [4.78, 5) is 12.4. The van der Waals surface area contributed by atoms with E-state index in [4.69, 9.17) is 9.88 Å². The van der Waals surface area contributed by atoms with Gasteiger partial charge in [-0.3, -0.25) is 15.0 Å². The molecule has 0 bridgehead atoms. The Hall–Kier alpha value is -1.75. The van der Waals surface area contributed by atoms with Crippen LogP contribution in [0.3, 0.4) is 0 Å². The standard InChI is InChI=1S/C15H22N4O5S/c16-25(22,23)14-4-3-11(10-13(14)19(20)21)17-15-2-1-7-18(15)12-5-8-24-9-6-12/h3-4,10,12,15,17H,1-2,5-9H2,(H2,16,22,23)/t15-/m1/s1. The van der Waals surface area contributed by atoms with Crippen LogP contribution in [0.4, 0.5) is 11.4 Å². The van der Waals surface area contributed by atoms with Gasteiger partial charge >= 0.3 is 0 Å². The van der Waals surface area contributed by atoms with E-state index >= 15 is 0 Å². The Bertz CT molecular complexity index is 748. The van der Waals surface area contributed by atoms with Crippen molar-refractivity contribution >= 4 is 21.4 Å². The predicted octanol–water partition coefficient (Wildman–Crippen LogP) is 1.25. The summed E-state index contributed by atoms with van der Waals surface area (Å²) in [5, 5.41) is 19.6. The van der Waals surface area contributed by atoms with Gasteiger partial charge < -0.3 is 10.1 Å². The highest BCUT2D eigenvalue weighted by molar-refractivity contribution is 7.89. The molecule has 3 rings (SSSR count). The van der Waals surface area contributed by atoms with Crippen LogP contribution in [0.1, 0.15) is 25.7 Å². The summed E-state index contributed by atoms with van der Waals surface area (Å²) >= 11 is 0. The van der Waals surface area contributed by atoms with Crippen LogP contribution in [-0.2, 0) is 14.8 Å². The van der Waals surface area contributed by atoms with Crippen LogP contribution in [0.2, 0.25) is 0 Å². The zero-order valence-corrected chi connectivity index (χ0v) is 14.6. The summed E-state index contributed by atoms with van der Waals surface area (Å²) in [5.74, 6) is 0. The third-order valence-corrected chi connectivity index (χ3v) is 5.71. The predicted molar refractivity (Wildman–Crippen MR) is 91.7 cm³/mol. The van der Waals surface area contributed by atoms with Gasteiger partial charge in [-0.25, -0.2) is 13.6 Å². The molecule has 2 aliphatic rings. The Kier molecular flexibility index (Phi) is 5.23. The number of nitrogens with zero attached hydrogens (tertiary/aromatic N) is 2. The molecule has 1 atom stereocenters. The molecule has 0 aromatic heterocycles. The number of hydrogen-bond donors (Lipinski definition) is 2. The Balaban J connectivity index is 1.80. The number of hydrogen-bond acceptors (Lipinski definition) is 7. The van der Waals surface area contributed by atoms with Gasteiger partial charge in [0.25, 0.3) is 5.69 Å². The Morgan fingerprint density at radius 2 is 2.00 bits per heavy atom. The number of benzene rings is 1. The van der Waals surface area contributed by atoms with Crippen LogP contribution in [0, 0.1) is 10.1 Å². The summed E-state index contributed by atoms with van der Waals surface area (Å²) in [6, 6.07) is 4.38. The second kappa shape index (κ2) is 7.24. The average Bonchev–Trinajstić information content (AvgIpc) is 3.02. The van der Waals surface area contributed by atoms with Crippen molar-refractivity contribution < 1.29 is 18.1 Å². The molecule has 2 heterocycles. The average molecular weight is 370 g/mol. The zero-order chi connectivity index (χ0) is 18.0. The zero-order valence-electron chi connectivity index (χ0n) is 13.8. The van der Waals surface area contributed by atoms with Crippen molar-refractivity contribution in [3.05, 3.63) is 28.3 Å². The molecule has 25 heavy (non-hydrogen) atoms. The third-order valence-electron chi connectivity index (χ3n) is 4.75. The molecule has 2 saturated heterocycles. The topological polar surface area (TPSA) is 128 Å². The first-order chi connectivity index (χ1) is 11.9. The van der Waals surface area contributed by atoms with E-state index in [0.717, 1.165) is 45.4 Å². The van der Waals surface area contributed by atoms with Crippen molar-refractivity contribution in [2.75, 3.05) is 25.1 Å². The van der Waals surface area contributed by atoms with Crippen LogP contribution in [0.5, 0.6) is 0 Å². The van der Waals surface area contributed by atoms with E-state index in [1.54, 1.807) is 0 Å². The molecule has 0 saturated carbocycles. The molecule has 9 nitrogen and oxygen atoms in total. The molecular formula is C15H22N4O5S. The highest BCUT2D eigenvalue weighted by Crippen LogP contribution is 2.30. The number of likely N-dealkylation sites (tertiary alicyclic amines) is 1. The number of sulfonamides is 1. The molecule has 138 valence electrons. The van der Waals surface area contributed by atoms with Crippen LogP contribution >= 0.6 is 0 Å². The van der Waals surface area contributed by atoms with Gasteiger partial charge in [0.15, 0.2) is 4.90 Å². The monoisotopic (exact) mass is 370 g/mol. The molecule has 2 aliphatic heterocycles. The molecule has 0 spiro atoms. The van der Waals surface area contributed by atoms with Crippen LogP contribution < -0.4 is 10.5 Å². The molecule has 1 aromatic rings. The van der Waals surface area contributed by atoms with Gasteiger partial charge in [0.2, 0.25) is 10.0 Å². The summed E-state index contributed by atoms with van der Waals surface area (Å²) < 4.78 is 28.4. The molecule has 0 unspecified atom stereocenters. The lowest BCUT2D eigenvalue weighted by atomic mass is 10.1. The van der Waals surface area contributed by atoms with E-state index in [2.05, 4.69) is 10.2 Å². The molecule has 0 radical (unpaired) electrons. The highest BCUT2D eigenvalue weighted by Gasteiger charge is 2.32. The molecular weight excluding hydrogens is 348 g/mol. The first-order valence-electron chi connectivity index (χ1n) is 8.27. The van der Waals surface area contributed by atoms with Crippen molar-refractivity contribution in [3.63, 3.8) is 0 Å². The van der Waals surface area contributed by atoms with Gasteiger partial charge in [-0.05, 0) is 37.8 Å². The van der Waals surface area contributed by atoms with Crippen LogP contribution in [0.15, 0.2) is 23.1 Å². The summed E-state index contributed by atoms with van der Waals surface area (Å²) in [7, 11) is -4.14. The van der Waals surface area contributed by atoms with Crippen molar-refractivity contribution in [1.82, 2.24) is 4.90 Å². The number of nitrogens with two attached hydrogens (primary N) is 1. The largest absolute Gasteiger partial charge is 0.381 e. The Labute approximate surface area is 146 Å². The molecule has 10 heteroatoms. The summed E-state index contributed by atoms with van der Waals surface area (Å²) in [5.41, 5.74) is 0.00572. The maximum atomic E-state index is 11.5. The second-order valence-corrected chi connectivity index (χ2v) is 7.90. The molecule has 0 aliphatic carbocycles. The first-order valence-corrected chi connectivity index (χ1v) is 9.82. The maximum Gasteiger partial charge on any atom is 0.291 e. The second-order valence-electron chi connectivity index (χ2n) is 6.37. The SMILES string of the molecule is NS(=O)(=O)c1ccc(N[C@H]2CCCN2C2CCOCC2)cc1[N+](=O)[O-]. The van der Waals surface area contributed by atoms with Gasteiger partial charge in [0.05, 0.1) is 11.1 Å². The fourth-order valence-corrected chi connectivity index (χ4v) is 4.26. The van der Waals surface area contributed by atoms with E-state index < -0.39 is 25.5 Å². The lowest BCUT2D eigenvalue weighted by molar-refractivity contribution is -0.387. The maximum absolute atomic E-state index is 11.5. The van der Waals surface area contributed by atoms with Crippen LogP contribution in [-0.4, -0.2) is 50.2 Å². The molecule has 1 aromatic carbocycles. The number of nitro groups is 1. The fourth-order valence-electron chi connectivity index (χ4n) is 3.58. The minimum Gasteiger partial charge on any atom is -0.381 e. The smallest absolute Gasteiger partial charge is 0.291 e. The summed E-state index contributed by atoms with van der Waals surface area (Å²) in [6.45, 7) is 2.48. The van der Waals surface area contributed by atoms with E-state index in [1.807, 2.05) is 0 Å². The number of rotatable bonds is 5. The van der Waals surface area contributed by atoms with E-state index in [9.17, 15) is 18.5 Å². The van der Waals surface area contributed by atoms with Crippen LogP contribution in [0.25, 0.3) is 0 Å². The molecule has 0 amide bonds. The minimum atomic E-state index is -4.14. The quantitative estimate of drug-likeness (QED) is 0.590. The third kappa shape index (κ3) is 4.09. The Morgan fingerprint density at radius 3 is 2.64 bits per heavy atom. The number of anilines is 1. The highest BCUT2D eigenvalue weighted by atomic mass is 32.2. The van der Waals surface area contributed by atoms with E-state index in [-0.39, 0.29) is 6.17 Å². The van der Waals surface area contributed by atoms with E-state index in [0.29, 0.717) is 11.7 Å². The van der Waals surface area contributed by atoms with Crippen molar-refractivity contribution in [1.29, 1.82) is 0 Å². The van der Waals surface area contributed by atoms with Crippen molar-refractivity contribution in [3.8, 4) is 0 Å². The van der Waals surface area contributed by atoms with Gasteiger partial charge in [-0.1, -0.05) is 0 Å². The van der Waals surface area contributed by atoms with Gasteiger partial charge in [0.1, 0.15) is 0 Å². The Morgan fingerprint density at radius 1 is 1.28 bits per heavy atom. The number of nitrogens with one attached hydrogen (secondary N) is 1. The summed E-state index contributed by atoms with van der Waals surface area (Å²) in [6.07, 6.45) is 4.00. The fraction of sp³-hybridized carbons (Fsp3) is 0.600.